The molecule has 0 saturated heterocycles. The van der Waals surface area contributed by atoms with Crippen molar-refractivity contribution in [2.24, 2.45) is 0 Å². The van der Waals surface area contributed by atoms with Crippen LogP contribution in [0.3, 0.4) is 0 Å². The van der Waals surface area contributed by atoms with Crippen molar-refractivity contribution in [2.75, 3.05) is 5.32 Å². The summed E-state index contributed by atoms with van der Waals surface area (Å²) in [5.41, 5.74) is 1.89. The highest BCUT2D eigenvalue weighted by Gasteiger charge is 2.32. The van der Waals surface area contributed by atoms with Crippen molar-refractivity contribution < 1.29 is 9.59 Å². The number of anilines is 1. The van der Waals surface area contributed by atoms with Gasteiger partial charge in [0.1, 0.15) is 5.70 Å². The van der Waals surface area contributed by atoms with Crippen molar-refractivity contribution in [3.63, 3.8) is 0 Å². The molecule has 5 heteroatoms. The van der Waals surface area contributed by atoms with Gasteiger partial charge in [-0.05, 0) is 36.4 Å². The van der Waals surface area contributed by atoms with E-state index in [0.29, 0.717) is 26.8 Å². The lowest BCUT2D eigenvalue weighted by Gasteiger charge is -2.21. The third kappa shape index (κ3) is 3.54. The first-order valence-corrected chi connectivity index (χ1v) is 9.51. The van der Waals surface area contributed by atoms with Gasteiger partial charge in [0.2, 0.25) is 11.6 Å². The zero-order valence-corrected chi connectivity index (χ0v) is 15.7. The van der Waals surface area contributed by atoms with Gasteiger partial charge in [-0.15, -0.1) is 0 Å². The Bertz CT molecular complexity index is 1060. The lowest BCUT2D eigenvalue weighted by molar-refractivity contribution is 0.0982. The summed E-state index contributed by atoms with van der Waals surface area (Å²) in [5.74, 6) is -0.353. The van der Waals surface area contributed by atoms with Crippen LogP contribution >= 0.6 is 23.4 Å². The average molecular weight is 392 g/mol. The number of benzene rings is 3. The third-order valence-corrected chi connectivity index (χ3v) is 5.51. The molecule has 0 aliphatic heterocycles. The predicted molar refractivity (Wildman–Crippen MR) is 110 cm³/mol. The van der Waals surface area contributed by atoms with E-state index in [2.05, 4.69) is 5.32 Å². The van der Waals surface area contributed by atoms with E-state index in [4.69, 9.17) is 11.6 Å². The molecule has 0 bridgehead atoms. The van der Waals surface area contributed by atoms with Gasteiger partial charge in [-0.1, -0.05) is 65.8 Å². The van der Waals surface area contributed by atoms with Gasteiger partial charge < -0.3 is 5.32 Å². The maximum absolute atomic E-state index is 13.1. The summed E-state index contributed by atoms with van der Waals surface area (Å²) in [5, 5.41) is 3.76. The highest BCUT2D eigenvalue weighted by atomic mass is 35.5. The van der Waals surface area contributed by atoms with Gasteiger partial charge >= 0.3 is 0 Å². The summed E-state index contributed by atoms with van der Waals surface area (Å²) in [6.45, 7) is 0. The first-order chi connectivity index (χ1) is 13.1. The molecule has 0 heterocycles. The molecule has 1 N–H and O–H groups in total. The maximum atomic E-state index is 13.1. The zero-order valence-electron chi connectivity index (χ0n) is 14.1. The molecule has 4 rings (SSSR count). The van der Waals surface area contributed by atoms with E-state index < -0.39 is 0 Å². The molecule has 27 heavy (non-hydrogen) atoms. The van der Waals surface area contributed by atoms with Crippen LogP contribution in [0.25, 0.3) is 0 Å². The summed E-state index contributed by atoms with van der Waals surface area (Å²) >= 11 is 7.22. The Balaban J connectivity index is 1.81. The number of ketones is 2. The number of fused-ring (bicyclic) bond motifs is 1. The Morgan fingerprint density at radius 3 is 1.96 bits per heavy atom. The Hall–Kier alpha value is -2.82. The number of carbonyl (C=O) groups excluding carboxylic acids is 2. The quantitative estimate of drug-likeness (QED) is 0.607. The maximum Gasteiger partial charge on any atom is 0.211 e. The van der Waals surface area contributed by atoms with Gasteiger partial charge in [-0.2, -0.15) is 0 Å². The lowest BCUT2D eigenvalue weighted by Crippen LogP contribution is -2.25. The lowest BCUT2D eigenvalue weighted by atomic mass is 9.92. The number of para-hydroxylation sites is 1. The predicted octanol–water partition coefficient (Wildman–Crippen LogP) is 5.84. The molecule has 0 fully saturated rings. The van der Waals surface area contributed by atoms with E-state index in [0.717, 1.165) is 10.6 Å². The molecule has 0 saturated carbocycles. The second kappa shape index (κ2) is 7.43. The Morgan fingerprint density at radius 1 is 0.704 bits per heavy atom. The van der Waals surface area contributed by atoms with Crippen molar-refractivity contribution in [3.8, 4) is 0 Å². The summed E-state index contributed by atoms with van der Waals surface area (Å²) in [6, 6.07) is 23.5. The minimum atomic E-state index is -0.189. The SMILES string of the molecule is O=C1C(Nc2ccccc2)=C(Sc2ccc(Cl)cc2)C(=O)c2ccccc21. The molecule has 0 radical (unpaired) electrons. The zero-order chi connectivity index (χ0) is 18.8. The van der Waals surface area contributed by atoms with Crippen LogP contribution < -0.4 is 5.32 Å². The fourth-order valence-corrected chi connectivity index (χ4v) is 3.93. The van der Waals surface area contributed by atoms with E-state index in [9.17, 15) is 9.59 Å². The average Bonchev–Trinajstić information content (AvgIpc) is 2.71. The van der Waals surface area contributed by atoms with E-state index >= 15 is 0 Å². The minimum Gasteiger partial charge on any atom is -0.351 e. The molecular formula is C22H14ClNO2S. The second-order valence-electron chi connectivity index (χ2n) is 5.95. The van der Waals surface area contributed by atoms with Gasteiger partial charge in [0, 0.05) is 26.7 Å². The molecule has 0 aromatic heterocycles. The summed E-state index contributed by atoms with van der Waals surface area (Å²) in [7, 11) is 0. The van der Waals surface area contributed by atoms with Crippen molar-refractivity contribution in [1.29, 1.82) is 0 Å². The van der Waals surface area contributed by atoms with E-state index in [1.54, 1.807) is 36.4 Å². The monoisotopic (exact) mass is 391 g/mol. The van der Waals surface area contributed by atoms with E-state index in [1.165, 1.54) is 11.8 Å². The standard InChI is InChI=1S/C22H14ClNO2S/c23-14-10-12-16(13-11-14)27-22-19(24-15-6-2-1-3-7-15)20(25)17-8-4-5-9-18(17)21(22)26/h1-13,24H. The molecule has 1 aliphatic rings. The molecular weight excluding hydrogens is 378 g/mol. The smallest absolute Gasteiger partial charge is 0.211 e. The second-order valence-corrected chi connectivity index (χ2v) is 7.48. The molecule has 3 aromatic carbocycles. The molecule has 0 spiro atoms. The van der Waals surface area contributed by atoms with Crippen LogP contribution in [0.4, 0.5) is 5.69 Å². The van der Waals surface area contributed by atoms with Crippen LogP contribution in [0, 0.1) is 0 Å². The Kier molecular flexibility index (Phi) is 4.84. The highest BCUT2D eigenvalue weighted by Crippen LogP contribution is 2.37. The molecule has 132 valence electrons. The van der Waals surface area contributed by atoms with E-state index in [-0.39, 0.29) is 11.6 Å². The normalized spacial score (nSPS) is 13.5. The van der Waals surface area contributed by atoms with Crippen LogP contribution in [-0.2, 0) is 0 Å². The third-order valence-electron chi connectivity index (χ3n) is 4.15. The van der Waals surface area contributed by atoms with Gasteiger partial charge in [-0.3, -0.25) is 9.59 Å². The van der Waals surface area contributed by atoms with Gasteiger partial charge in [0.05, 0.1) is 4.91 Å². The van der Waals surface area contributed by atoms with Crippen LogP contribution in [-0.4, -0.2) is 11.6 Å². The van der Waals surface area contributed by atoms with Crippen LogP contribution in [0.1, 0.15) is 20.7 Å². The number of rotatable bonds is 4. The number of hydrogen-bond donors (Lipinski definition) is 1. The van der Waals surface area contributed by atoms with Crippen molar-refractivity contribution >= 4 is 40.6 Å². The molecule has 1 aliphatic carbocycles. The molecule has 0 atom stereocenters. The van der Waals surface area contributed by atoms with Crippen molar-refractivity contribution in [1.82, 2.24) is 0 Å². The Labute approximate surface area is 166 Å². The van der Waals surface area contributed by atoms with Gasteiger partial charge in [0.15, 0.2) is 0 Å². The van der Waals surface area contributed by atoms with Crippen molar-refractivity contribution in [3.05, 3.63) is 106 Å². The first-order valence-electron chi connectivity index (χ1n) is 8.31. The molecule has 3 aromatic rings. The van der Waals surface area contributed by atoms with Gasteiger partial charge in [-0.25, -0.2) is 0 Å². The largest absolute Gasteiger partial charge is 0.351 e. The first kappa shape index (κ1) is 17.6. The van der Waals surface area contributed by atoms with E-state index in [1.807, 2.05) is 42.5 Å². The number of nitrogens with one attached hydrogen (secondary N) is 1. The topological polar surface area (TPSA) is 46.2 Å². The summed E-state index contributed by atoms with van der Waals surface area (Å²) in [4.78, 5) is 27.5. The molecule has 3 nitrogen and oxygen atoms in total. The Morgan fingerprint density at radius 2 is 1.30 bits per heavy atom. The summed E-state index contributed by atoms with van der Waals surface area (Å²) < 4.78 is 0. The van der Waals surface area contributed by atoms with Gasteiger partial charge in [0.25, 0.3) is 0 Å². The molecule has 0 amide bonds. The van der Waals surface area contributed by atoms with Crippen LogP contribution in [0.2, 0.25) is 5.02 Å². The fraction of sp³-hybridized carbons (Fsp3) is 0. The van der Waals surface area contributed by atoms with Crippen LogP contribution in [0.5, 0.6) is 0 Å². The number of hydrogen-bond acceptors (Lipinski definition) is 4. The number of Topliss-reactive ketones (excluding diaryl/α,β-unsaturated/α-hetero) is 2. The number of allylic oxidation sites excluding steroid dienone is 2. The molecule has 0 unspecified atom stereocenters. The fourth-order valence-electron chi connectivity index (χ4n) is 2.85. The number of halogens is 1. The van der Waals surface area contributed by atoms with Crippen LogP contribution in [0.15, 0.2) is 94.4 Å². The minimum absolute atomic E-state index is 0.163. The summed E-state index contributed by atoms with van der Waals surface area (Å²) in [6.07, 6.45) is 0. The number of thioether (sulfide) groups is 1. The van der Waals surface area contributed by atoms with Crippen molar-refractivity contribution in [2.45, 2.75) is 4.90 Å². The number of carbonyl (C=O) groups is 2. The highest BCUT2D eigenvalue weighted by molar-refractivity contribution is 8.04.